The Morgan fingerprint density at radius 1 is 1.25 bits per heavy atom. The average molecular weight is 488 g/mol. The highest BCUT2D eigenvalue weighted by Gasteiger charge is 2.34. The minimum absolute atomic E-state index is 0.0175. The van der Waals surface area contributed by atoms with Crippen molar-refractivity contribution in [2.75, 3.05) is 13.1 Å². The fourth-order valence-electron chi connectivity index (χ4n) is 3.72. The number of sulfonamides is 1. The molecule has 11 heteroatoms. The van der Waals surface area contributed by atoms with Gasteiger partial charge in [-0.05, 0) is 37.5 Å². The largest absolute Gasteiger partial charge is 0.434 e. The molecule has 2 heterocycles. The number of nitrogens with zero attached hydrogens (tertiary/aromatic N) is 2. The van der Waals surface area contributed by atoms with Crippen LogP contribution >= 0.6 is 11.6 Å². The predicted octanol–water partition coefficient (Wildman–Crippen LogP) is 4.00. The van der Waals surface area contributed by atoms with E-state index in [-0.39, 0.29) is 34.8 Å². The smallest absolute Gasteiger partial charge is 0.387 e. The van der Waals surface area contributed by atoms with Gasteiger partial charge in [-0.25, -0.2) is 13.4 Å². The van der Waals surface area contributed by atoms with Gasteiger partial charge in [-0.1, -0.05) is 36.7 Å². The first kappa shape index (κ1) is 24.3. The molecule has 1 amide bonds. The second-order valence-electron chi connectivity index (χ2n) is 7.36. The molecule has 0 bridgehead atoms. The molecular weight excluding hydrogens is 464 g/mol. The number of nitrogens with one attached hydrogen (secondary N) is 1. The van der Waals surface area contributed by atoms with E-state index in [1.54, 1.807) is 18.2 Å². The number of rotatable bonds is 8. The Morgan fingerprint density at radius 3 is 2.56 bits per heavy atom. The molecule has 0 saturated carbocycles. The molecule has 0 spiro atoms. The zero-order valence-electron chi connectivity index (χ0n) is 17.4. The number of carbonyl (C=O) groups excluding carboxylic acids is 1. The molecule has 1 N–H and O–H groups in total. The van der Waals surface area contributed by atoms with Crippen LogP contribution in [-0.4, -0.2) is 43.3 Å². The Bertz CT molecular complexity index is 1050. The van der Waals surface area contributed by atoms with E-state index < -0.39 is 28.6 Å². The molecule has 1 unspecified atom stereocenters. The average Bonchev–Trinajstić information content (AvgIpc) is 2.77. The topological polar surface area (TPSA) is 88.6 Å². The summed E-state index contributed by atoms with van der Waals surface area (Å²) in [5.74, 6) is -0.632. The molecule has 1 atom stereocenters. The fourth-order valence-corrected chi connectivity index (χ4v) is 5.62. The number of amides is 1. The van der Waals surface area contributed by atoms with Crippen LogP contribution in [0.25, 0.3) is 0 Å². The molecule has 3 rings (SSSR count). The molecule has 7 nitrogen and oxygen atoms in total. The van der Waals surface area contributed by atoms with Crippen molar-refractivity contribution in [2.45, 2.75) is 43.7 Å². The molecule has 1 aromatic heterocycles. The van der Waals surface area contributed by atoms with Crippen LogP contribution in [-0.2, 0) is 14.8 Å². The second kappa shape index (κ2) is 10.5. The van der Waals surface area contributed by atoms with Crippen molar-refractivity contribution in [2.24, 2.45) is 5.92 Å². The number of pyridine rings is 1. The summed E-state index contributed by atoms with van der Waals surface area (Å²) in [4.78, 5) is 16.6. The quantitative estimate of drug-likeness (QED) is 0.568. The number of ether oxygens (including phenoxy) is 1. The van der Waals surface area contributed by atoms with Crippen molar-refractivity contribution in [3.05, 3.63) is 53.3 Å². The Hall–Kier alpha value is -2.30. The van der Waals surface area contributed by atoms with Crippen molar-refractivity contribution >= 4 is 27.5 Å². The standard InChI is InChI=1S/C21H24ClF2N3O4S/c1-2-16(15-6-3-4-7-17(15)31-21(23)24)26-20(28)14-9-12-27(13-10-14)32(29,30)18-8-5-11-25-19(18)22/h3-8,11,14,16,21H,2,9-10,12-13H2,1H3,(H,26,28). The van der Waals surface area contributed by atoms with Crippen LogP contribution < -0.4 is 10.1 Å². The van der Waals surface area contributed by atoms with Crippen LogP contribution in [0.2, 0.25) is 5.15 Å². The van der Waals surface area contributed by atoms with Gasteiger partial charge in [0.15, 0.2) is 0 Å². The highest BCUT2D eigenvalue weighted by molar-refractivity contribution is 7.89. The molecule has 1 aromatic carbocycles. The highest BCUT2D eigenvalue weighted by Crippen LogP contribution is 2.30. The van der Waals surface area contributed by atoms with Crippen molar-refractivity contribution in [3.8, 4) is 5.75 Å². The van der Waals surface area contributed by atoms with Gasteiger partial charge in [0.05, 0.1) is 6.04 Å². The number of carbonyl (C=O) groups is 1. The Labute approximate surface area is 190 Å². The molecule has 0 radical (unpaired) electrons. The number of hydrogen-bond acceptors (Lipinski definition) is 5. The Morgan fingerprint density at radius 2 is 1.94 bits per heavy atom. The van der Waals surface area contributed by atoms with E-state index in [1.165, 1.54) is 28.7 Å². The predicted molar refractivity (Wildman–Crippen MR) is 115 cm³/mol. The fraction of sp³-hybridized carbons (Fsp3) is 0.429. The summed E-state index contributed by atoms with van der Waals surface area (Å²) in [6, 6.07) is 8.74. The second-order valence-corrected chi connectivity index (χ2v) is 9.62. The molecule has 1 saturated heterocycles. The van der Waals surface area contributed by atoms with Crippen LogP contribution in [0.1, 0.15) is 37.8 Å². The van der Waals surface area contributed by atoms with E-state index in [0.29, 0.717) is 24.8 Å². The maximum Gasteiger partial charge on any atom is 0.387 e. The van der Waals surface area contributed by atoms with Gasteiger partial charge in [0, 0.05) is 30.8 Å². The lowest BCUT2D eigenvalue weighted by Crippen LogP contribution is -2.43. The summed E-state index contributed by atoms with van der Waals surface area (Å²) in [6.07, 6.45) is 2.54. The molecule has 1 fully saturated rings. The molecule has 1 aliphatic heterocycles. The summed E-state index contributed by atoms with van der Waals surface area (Å²) in [6.45, 7) is -0.818. The van der Waals surface area contributed by atoms with Gasteiger partial charge in [-0.15, -0.1) is 0 Å². The first-order valence-corrected chi connectivity index (χ1v) is 12.0. The van der Waals surface area contributed by atoms with Gasteiger partial charge in [-0.3, -0.25) is 4.79 Å². The molecule has 174 valence electrons. The summed E-state index contributed by atoms with van der Waals surface area (Å²) in [7, 11) is -3.81. The third-order valence-corrected chi connectivity index (χ3v) is 7.75. The van der Waals surface area contributed by atoms with Crippen molar-refractivity contribution < 1.29 is 26.7 Å². The van der Waals surface area contributed by atoms with E-state index in [9.17, 15) is 22.0 Å². The SMILES string of the molecule is CCC(NC(=O)C1CCN(S(=O)(=O)c2cccnc2Cl)CC1)c1ccccc1OC(F)F. The molecule has 32 heavy (non-hydrogen) atoms. The minimum Gasteiger partial charge on any atom is -0.434 e. The lowest BCUT2D eigenvalue weighted by Gasteiger charge is -2.31. The number of piperidine rings is 1. The zero-order chi connectivity index (χ0) is 23.3. The van der Waals surface area contributed by atoms with Gasteiger partial charge >= 0.3 is 6.61 Å². The highest BCUT2D eigenvalue weighted by atomic mass is 35.5. The monoisotopic (exact) mass is 487 g/mol. The van der Waals surface area contributed by atoms with Crippen LogP contribution in [0.3, 0.4) is 0 Å². The lowest BCUT2D eigenvalue weighted by atomic mass is 9.95. The van der Waals surface area contributed by atoms with Gasteiger partial charge in [0.2, 0.25) is 15.9 Å². The van der Waals surface area contributed by atoms with Crippen LogP contribution in [0.5, 0.6) is 5.75 Å². The molecule has 1 aliphatic rings. The van der Waals surface area contributed by atoms with Gasteiger partial charge in [0.1, 0.15) is 15.8 Å². The summed E-state index contributed by atoms with van der Waals surface area (Å²) in [5.41, 5.74) is 0.467. The van der Waals surface area contributed by atoms with Crippen molar-refractivity contribution in [1.29, 1.82) is 0 Å². The van der Waals surface area contributed by atoms with E-state index in [0.717, 1.165) is 0 Å². The summed E-state index contributed by atoms with van der Waals surface area (Å²) < 4.78 is 57.0. The normalized spacial score (nSPS) is 16.7. The van der Waals surface area contributed by atoms with Crippen LogP contribution in [0.15, 0.2) is 47.5 Å². The Balaban J connectivity index is 1.65. The zero-order valence-corrected chi connectivity index (χ0v) is 19.0. The van der Waals surface area contributed by atoms with Crippen LogP contribution in [0.4, 0.5) is 8.78 Å². The number of alkyl halides is 2. The number of benzene rings is 1. The molecule has 2 aromatic rings. The Kier molecular flexibility index (Phi) is 8.02. The van der Waals surface area contributed by atoms with Crippen LogP contribution in [0, 0.1) is 5.92 Å². The molecule has 0 aliphatic carbocycles. The maximum absolute atomic E-state index is 12.9. The third kappa shape index (κ3) is 5.54. The van der Waals surface area contributed by atoms with Gasteiger partial charge < -0.3 is 10.1 Å². The third-order valence-electron chi connectivity index (χ3n) is 5.40. The number of para-hydroxylation sites is 1. The van der Waals surface area contributed by atoms with E-state index >= 15 is 0 Å². The van der Waals surface area contributed by atoms with E-state index in [2.05, 4.69) is 15.0 Å². The first-order chi connectivity index (χ1) is 15.2. The molecular formula is C21H24ClF2N3O4S. The van der Waals surface area contributed by atoms with Crippen molar-refractivity contribution in [1.82, 2.24) is 14.6 Å². The van der Waals surface area contributed by atoms with Gasteiger partial charge in [0.25, 0.3) is 0 Å². The minimum atomic E-state index is -3.81. The number of halogens is 3. The first-order valence-electron chi connectivity index (χ1n) is 10.2. The number of aromatic nitrogens is 1. The summed E-state index contributed by atoms with van der Waals surface area (Å²) >= 11 is 5.94. The maximum atomic E-state index is 12.9. The summed E-state index contributed by atoms with van der Waals surface area (Å²) in [5, 5.41) is 2.80. The van der Waals surface area contributed by atoms with E-state index in [4.69, 9.17) is 11.6 Å². The lowest BCUT2D eigenvalue weighted by molar-refractivity contribution is -0.126. The van der Waals surface area contributed by atoms with E-state index in [1.807, 2.05) is 6.92 Å². The number of hydrogen-bond donors (Lipinski definition) is 1. The van der Waals surface area contributed by atoms with Gasteiger partial charge in [-0.2, -0.15) is 13.1 Å². The van der Waals surface area contributed by atoms with Crippen molar-refractivity contribution in [3.63, 3.8) is 0 Å².